The van der Waals surface area contributed by atoms with E-state index < -0.39 is 0 Å². The third-order valence-electron chi connectivity index (χ3n) is 2.79. The van der Waals surface area contributed by atoms with Crippen molar-refractivity contribution in [1.29, 1.82) is 0 Å². The zero-order chi connectivity index (χ0) is 13.4. The third kappa shape index (κ3) is 3.98. The molecule has 3 N–H and O–H groups in total. The fraction of sp³-hybridized carbons (Fsp3) is 0.571. The second kappa shape index (κ2) is 8.08. The zero-order valence-electron chi connectivity index (χ0n) is 11.5. The molecule has 1 aromatic rings. The van der Waals surface area contributed by atoms with Gasteiger partial charge in [0.25, 0.3) is 0 Å². The van der Waals surface area contributed by atoms with Gasteiger partial charge in [0.2, 0.25) is 0 Å². The second-order valence-electron chi connectivity index (χ2n) is 4.19. The molecule has 1 aromatic carbocycles. The number of nitrogens with two attached hydrogens (primary N) is 1. The van der Waals surface area contributed by atoms with Crippen LogP contribution in [0.15, 0.2) is 24.3 Å². The van der Waals surface area contributed by atoms with Crippen molar-refractivity contribution in [3.05, 3.63) is 29.8 Å². The summed E-state index contributed by atoms with van der Waals surface area (Å²) in [5, 5.41) is 0. The van der Waals surface area contributed by atoms with E-state index in [1.165, 1.54) is 0 Å². The van der Waals surface area contributed by atoms with Crippen LogP contribution in [0.5, 0.6) is 5.75 Å². The molecular formula is C14H24N2O2. The number of hydrazine groups is 1. The Bertz CT molecular complexity index is 344. The first kappa shape index (κ1) is 15.0. The molecule has 0 saturated heterocycles. The van der Waals surface area contributed by atoms with Gasteiger partial charge in [0, 0.05) is 12.2 Å². The fourth-order valence-electron chi connectivity index (χ4n) is 1.92. The quantitative estimate of drug-likeness (QED) is 0.551. The number of rotatable bonds is 8. The van der Waals surface area contributed by atoms with Crippen LogP contribution < -0.4 is 16.0 Å². The Hall–Kier alpha value is -1.10. The van der Waals surface area contributed by atoms with Crippen molar-refractivity contribution in [3.63, 3.8) is 0 Å². The minimum Gasteiger partial charge on any atom is -0.493 e. The maximum atomic E-state index is 5.75. The molecule has 0 aliphatic heterocycles. The average Bonchev–Trinajstić information content (AvgIpc) is 2.39. The molecular weight excluding hydrogens is 228 g/mol. The summed E-state index contributed by atoms with van der Waals surface area (Å²) in [6, 6.07) is 7.86. The van der Waals surface area contributed by atoms with Crippen LogP contribution in [0.2, 0.25) is 0 Å². The highest BCUT2D eigenvalue weighted by Gasteiger charge is 2.21. The van der Waals surface area contributed by atoms with Crippen LogP contribution in [-0.2, 0) is 4.74 Å². The Balaban J connectivity index is 2.89. The van der Waals surface area contributed by atoms with E-state index >= 15 is 0 Å². The Kier molecular flexibility index (Phi) is 6.72. The summed E-state index contributed by atoms with van der Waals surface area (Å²) < 4.78 is 11.4. The number of para-hydroxylation sites is 1. The van der Waals surface area contributed by atoms with E-state index in [9.17, 15) is 0 Å². The number of benzene rings is 1. The molecule has 0 aliphatic rings. The summed E-state index contributed by atoms with van der Waals surface area (Å²) in [4.78, 5) is 0. The van der Waals surface area contributed by atoms with Gasteiger partial charge >= 0.3 is 0 Å². The van der Waals surface area contributed by atoms with Crippen LogP contribution in [0, 0.1) is 0 Å². The average molecular weight is 252 g/mol. The molecule has 0 saturated carbocycles. The second-order valence-corrected chi connectivity index (χ2v) is 4.19. The van der Waals surface area contributed by atoms with E-state index in [-0.39, 0.29) is 12.1 Å². The van der Waals surface area contributed by atoms with Crippen LogP contribution in [-0.4, -0.2) is 19.3 Å². The summed E-state index contributed by atoms with van der Waals surface area (Å²) in [7, 11) is 0. The molecule has 0 spiro atoms. The summed E-state index contributed by atoms with van der Waals surface area (Å²) in [5.41, 5.74) is 3.85. The van der Waals surface area contributed by atoms with Crippen molar-refractivity contribution >= 4 is 0 Å². The molecule has 0 aromatic heterocycles. The van der Waals surface area contributed by atoms with E-state index in [1.807, 2.05) is 38.1 Å². The summed E-state index contributed by atoms with van der Waals surface area (Å²) in [6.45, 7) is 7.44. The predicted octanol–water partition coefficient (Wildman–Crippen LogP) is 2.40. The Morgan fingerprint density at radius 3 is 2.61 bits per heavy atom. The molecule has 0 aliphatic carbocycles. The standard InChI is InChI=1S/C14H24N2O2/c1-4-10-18-13-9-7-6-8-12(13)14(16-15)11(3)17-5-2/h6-9,11,14,16H,4-5,10,15H2,1-3H3. The van der Waals surface area contributed by atoms with E-state index in [0.717, 1.165) is 17.7 Å². The first-order chi connectivity index (χ1) is 8.74. The Morgan fingerprint density at radius 1 is 1.28 bits per heavy atom. The molecule has 2 unspecified atom stereocenters. The molecule has 2 atom stereocenters. The molecule has 1 rings (SSSR count). The Labute approximate surface area is 109 Å². The smallest absolute Gasteiger partial charge is 0.124 e. The molecule has 0 amide bonds. The van der Waals surface area contributed by atoms with E-state index in [0.29, 0.717) is 13.2 Å². The number of ether oxygens (including phenoxy) is 2. The van der Waals surface area contributed by atoms with E-state index in [2.05, 4.69) is 12.3 Å². The minimum atomic E-state index is -0.0713. The molecule has 0 heterocycles. The van der Waals surface area contributed by atoms with E-state index in [4.69, 9.17) is 15.3 Å². The first-order valence-electron chi connectivity index (χ1n) is 6.54. The van der Waals surface area contributed by atoms with Gasteiger partial charge in [-0.05, 0) is 26.3 Å². The van der Waals surface area contributed by atoms with Gasteiger partial charge in [-0.2, -0.15) is 0 Å². The highest BCUT2D eigenvalue weighted by atomic mass is 16.5. The van der Waals surface area contributed by atoms with Gasteiger partial charge in [-0.25, -0.2) is 0 Å². The maximum Gasteiger partial charge on any atom is 0.124 e. The maximum absolute atomic E-state index is 5.75. The van der Waals surface area contributed by atoms with Crippen LogP contribution in [0.25, 0.3) is 0 Å². The molecule has 102 valence electrons. The summed E-state index contributed by atoms with van der Waals surface area (Å²) >= 11 is 0. The monoisotopic (exact) mass is 252 g/mol. The van der Waals surface area contributed by atoms with Gasteiger partial charge < -0.3 is 9.47 Å². The normalized spacial score (nSPS) is 14.2. The minimum absolute atomic E-state index is 0.00798. The lowest BCUT2D eigenvalue weighted by molar-refractivity contribution is 0.0464. The fourth-order valence-corrected chi connectivity index (χ4v) is 1.92. The van der Waals surface area contributed by atoms with Gasteiger partial charge in [0.05, 0.1) is 18.8 Å². The van der Waals surface area contributed by atoms with Crippen molar-refractivity contribution in [2.75, 3.05) is 13.2 Å². The van der Waals surface area contributed by atoms with Crippen molar-refractivity contribution in [1.82, 2.24) is 5.43 Å². The molecule has 0 radical (unpaired) electrons. The number of hydrogen-bond donors (Lipinski definition) is 2. The molecule has 0 bridgehead atoms. The lowest BCUT2D eigenvalue weighted by atomic mass is 10.0. The van der Waals surface area contributed by atoms with Crippen molar-refractivity contribution in [2.45, 2.75) is 39.3 Å². The van der Waals surface area contributed by atoms with Gasteiger partial charge in [-0.1, -0.05) is 25.1 Å². The topological polar surface area (TPSA) is 56.5 Å². The molecule has 0 fully saturated rings. The van der Waals surface area contributed by atoms with Gasteiger partial charge in [0.1, 0.15) is 5.75 Å². The largest absolute Gasteiger partial charge is 0.493 e. The van der Waals surface area contributed by atoms with Crippen molar-refractivity contribution in [2.24, 2.45) is 5.84 Å². The SMILES string of the molecule is CCCOc1ccccc1C(NN)C(C)OCC. The molecule has 4 heteroatoms. The number of hydrogen-bond acceptors (Lipinski definition) is 4. The highest BCUT2D eigenvalue weighted by molar-refractivity contribution is 5.36. The first-order valence-corrected chi connectivity index (χ1v) is 6.54. The third-order valence-corrected chi connectivity index (χ3v) is 2.79. The van der Waals surface area contributed by atoms with Gasteiger partial charge in [-0.15, -0.1) is 0 Å². The molecule has 4 nitrogen and oxygen atoms in total. The van der Waals surface area contributed by atoms with Crippen molar-refractivity contribution in [3.8, 4) is 5.75 Å². The van der Waals surface area contributed by atoms with Crippen LogP contribution >= 0.6 is 0 Å². The van der Waals surface area contributed by atoms with Crippen LogP contribution in [0.4, 0.5) is 0 Å². The number of nitrogens with one attached hydrogen (secondary N) is 1. The molecule has 18 heavy (non-hydrogen) atoms. The highest BCUT2D eigenvalue weighted by Crippen LogP contribution is 2.28. The van der Waals surface area contributed by atoms with Gasteiger partial charge in [-0.3, -0.25) is 11.3 Å². The Morgan fingerprint density at radius 2 is 2.00 bits per heavy atom. The van der Waals surface area contributed by atoms with E-state index in [1.54, 1.807) is 0 Å². The summed E-state index contributed by atoms with van der Waals surface area (Å²) in [6.07, 6.45) is 0.974. The van der Waals surface area contributed by atoms with Gasteiger partial charge in [0.15, 0.2) is 0 Å². The predicted molar refractivity (Wildman–Crippen MR) is 73.4 cm³/mol. The lowest BCUT2D eigenvalue weighted by Crippen LogP contribution is -2.36. The van der Waals surface area contributed by atoms with Crippen LogP contribution in [0.3, 0.4) is 0 Å². The zero-order valence-corrected chi connectivity index (χ0v) is 11.5. The van der Waals surface area contributed by atoms with Crippen LogP contribution in [0.1, 0.15) is 38.8 Å². The van der Waals surface area contributed by atoms with Crippen molar-refractivity contribution < 1.29 is 9.47 Å². The summed E-state index contributed by atoms with van der Waals surface area (Å²) in [5.74, 6) is 6.52. The lowest BCUT2D eigenvalue weighted by Gasteiger charge is -2.25.